The van der Waals surface area contributed by atoms with Gasteiger partial charge in [-0.15, -0.1) is 0 Å². The van der Waals surface area contributed by atoms with E-state index in [9.17, 15) is 4.57 Å². The van der Waals surface area contributed by atoms with E-state index in [1.54, 1.807) is 0 Å². The van der Waals surface area contributed by atoms with Crippen molar-refractivity contribution in [3.8, 4) is 0 Å². The van der Waals surface area contributed by atoms with Crippen molar-refractivity contribution in [2.75, 3.05) is 32.8 Å². The van der Waals surface area contributed by atoms with Crippen LogP contribution in [-0.4, -0.2) is 49.5 Å². The van der Waals surface area contributed by atoms with Crippen molar-refractivity contribution < 1.29 is 22.6 Å². The molecule has 264 valence electrons. The first-order valence-corrected chi connectivity index (χ1v) is 21.2. The van der Waals surface area contributed by atoms with E-state index >= 15 is 0 Å². The molecule has 0 aromatic heterocycles. The van der Waals surface area contributed by atoms with Crippen LogP contribution in [0.25, 0.3) is 0 Å². The van der Waals surface area contributed by atoms with Gasteiger partial charge in [-0.3, -0.25) is 13.6 Å². The number of quaternary nitrogens is 1. The third-order valence-electron chi connectivity index (χ3n) is 9.88. The summed E-state index contributed by atoms with van der Waals surface area (Å²) in [6.07, 6.45) is 32.9. The smallest absolute Gasteiger partial charge is 0.343 e. The SMILES string of the molecule is [CH2-]CCCOP1(=O)OCCCC(C(CCC)[N+](CCCC)(CCCC)CCCCCCCCCCCCCCCCCC)O1. The van der Waals surface area contributed by atoms with Crippen molar-refractivity contribution in [3.05, 3.63) is 6.92 Å². The maximum Gasteiger partial charge on any atom is 0.475 e. The summed E-state index contributed by atoms with van der Waals surface area (Å²) in [7, 11) is -3.54. The van der Waals surface area contributed by atoms with Gasteiger partial charge in [0.05, 0.1) is 32.8 Å². The lowest BCUT2D eigenvalue weighted by atomic mass is 9.94. The van der Waals surface area contributed by atoms with E-state index in [0.717, 1.165) is 43.0 Å². The molecule has 1 saturated heterocycles. The summed E-state index contributed by atoms with van der Waals surface area (Å²) in [4.78, 5) is 0. The molecule has 1 heterocycles. The quantitative estimate of drug-likeness (QED) is 0.0326. The molecule has 3 atom stereocenters. The van der Waals surface area contributed by atoms with Gasteiger partial charge in [-0.1, -0.05) is 143 Å². The Labute approximate surface area is 276 Å². The lowest BCUT2D eigenvalue weighted by Gasteiger charge is -2.48. The number of hydrogen-bond donors (Lipinski definition) is 0. The number of nitrogens with zero attached hydrogens (tertiary/aromatic N) is 1. The summed E-state index contributed by atoms with van der Waals surface area (Å²) in [6.45, 7) is 17.6. The van der Waals surface area contributed by atoms with Crippen LogP contribution in [0.15, 0.2) is 0 Å². The van der Waals surface area contributed by atoms with Crippen molar-refractivity contribution >= 4 is 7.82 Å². The molecule has 0 spiro atoms. The molecule has 6 heteroatoms. The molecular formula is C38H78NO4P. The Hall–Kier alpha value is 0.0700. The first-order chi connectivity index (χ1) is 21.5. The van der Waals surface area contributed by atoms with Crippen molar-refractivity contribution in [2.24, 2.45) is 0 Å². The number of hydrogen-bond acceptors (Lipinski definition) is 4. The van der Waals surface area contributed by atoms with E-state index in [4.69, 9.17) is 13.6 Å². The number of phosphoric acid groups is 1. The molecule has 0 N–H and O–H groups in total. The molecule has 0 bridgehead atoms. The van der Waals surface area contributed by atoms with Gasteiger partial charge in [0.15, 0.2) is 0 Å². The van der Waals surface area contributed by atoms with Crippen LogP contribution < -0.4 is 0 Å². The Kier molecular flexibility index (Phi) is 26.9. The Morgan fingerprint density at radius 2 is 1.16 bits per heavy atom. The van der Waals surface area contributed by atoms with Gasteiger partial charge in [0.2, 0.25) is 0 Å². The number of rotatable bonds is 31. The van der Waals surface area contributed by atoms with Gasteiger partial charge in [-0.25, -0.2) is 4.57 Å². The Morgan fingerprint density at radius 3 is 1.64 bits per heavy atom. The van der Waals surface area contributed by atoms with Gasteiger partial charge in [-0.2, -0.15) is 6.42 Å². The summed E-state index contributed by atoms with van der Waals surface area (Å²) in [5.74, 6) is 0. The Morgan fingerprint density at radius 1 is 0.682 bits per heavy atom. The van der Waals surface area contributed by atoms with E-state index in [-0.39, 0.29) is 6.10 Å². The van der Waals surface area contributed by atoms with Crippen LogP contribution in [0, 0.1) is 6.92 Å². The van der Waals surface area contributed by atoms with Crippen molar-refractivity contribution in [1.82, 2.24) is 0 Å². The molecule has 44 heavy (non-hydrogen) atoms. The Balaban J connectivity index is 2.64. The molecule has 1 rings (SSSR count). The molecular weight excluding hydrogens is 565 g/mol. The third-order valence-corrected chi connectivity index (χ3v) is 11.4. The molecule has 5 nitrogen and oxygen atoms in total. The zero-order chi connectivity index (χ0) is 32.2. The van der Waals surface area contributed by atoms with Gasteiger partial charge < -0.3 is 11.4 Å². The van der Waals surface area contributed by atoms with Gasteiger partial charge in [0.25, 0.3) is 0 Å². The van der Waals surface area contributed by atoms with Crippen molar-refractivity contribution in [2.45, 2.75) is 207 Å². The minimum absolute atomic E-state index is 0.0715. The average Bonchev–Trinajstić information content (AvgIpc) is 3.22. The van der Waals surface area contributed by atoms with Crippen molar-refractivity contribution in [3.63, 3.8) is 0 Å². The maximum atomic E-state index is 13.6. The summed E-state index contributed by atoms with van der Waals surface area (Å²) in [5, 5.41) is 0. The molecule has 0 aromatic rings. The third kappa shape index (κ3) is 19.0. The normalized spacial score (nSPS) is 20.2. The van der Waals surface area contributed by atoms with E-state index in [0.29, 0.717) is 19.3 Å². The largest absolute Gasteiger partial charge is 0.475 e. The monoisotopic (exact) mass is 644 g/mol. The molecule has 0 radical (unpaired) electrons. The lowest BCUT2D eigenvalue weighted by molar-refractivity contribution is -0.955. The molecule has 0 saturated carbocycles. The van der Waals surface area contributed by atoms with E-state index in [2.05, 4.69) is 34.6 Å². The number of unbranched alkanes of at least 4 members (excludes halogenated alkanes) is 18. The highest BCUT2D eigenvalue weighted by atomic mass is 31.2. The minimum atomic E-state index is -3.54. The van der Waals surface area contributed by atoms with Crippen LogP contribution in [0.1, 0.15) is 195 Å². The second-order valence-electron chi connectivity index (χ2n) is 13.9. The van der Waals surface area contributed by atoms with Crippen LogP contribution >= 0.6 is 7.82 Å². The zero-order valence-corrected chi connectivity index (χ0v) is 31.2. The second-order valence-corrected chi connectivity index (χ2v) is 15.5. The summed E-state index contributed by atoms with van der Waals surface area (Å²) < 4.78 is 32.7. The van der Waals surface area contributed by atoms with E-state index in [1.807, 2.05) is 0 Å². The predicted octanol–water partition coefficient (Wildman–Crippen LogP) is 12.8. The Bertz CT molecular complexity index is 667. The fraction of sp³-hybridized carbons (Fsp3) is 0.974. The molecule has 1 aliphatic rings. The van der Waals surface area contributed by atoms with Crippen LogP contribution in [0.4, 0.5) is 0 Å². The second kappa shape index (κ2) is 28.1. The fourth-order valence-corrected chi connectivity index (χ4v) is 8.66. The summed E-state index contributed by atoms with van der Waals surface area (Å²) >= 11 is 0. The van der Waals surface area contributed by atoms with Crippen LogP contribution in [0.5, 0.6) is 0 Å². The highest BCUT2D eigenvalue weighted by molar-refractivity contribution is 7.48. The van der Waals surface area contributed by atoms with Gasteiger partial charge in [-0.05, 0) is 38.5 Å². The highest BCUT2D eigenvalue weighted by Gasteiger charge is 2.45. The molecule has 0 amide bonds. The van der Waals surface area contributed by atoms with Gasteiger partial charge in [0, 0.05) is 6.42 Å². The minimum Gasteiger partial charge on any atom is -0.343 e. The predicted molar refractivity (Wildman–Crippen MR) is 191 cm³/mol. The lowest BCUT2D eigenvalue weighted by Crippen LogP contribution is -2.61. The topological polar surface area (TPSA) is 44.8 Å². The molecule has 0 aromatic carbocycles. The fourth-order valence-electron chi connectivity index (χ4n) is 7.18. The van der Waals surface area contributed by atoms with E-state index < -0.39 is 7.82 Å². The summed E-state index contributed by atoms with van der Waals surface area (Å²) in [6, 6.07) is 0.348. The van der Waals surface area contributed by atoms with Gasteiger partial charge >= 0.3 is 7.82 Å². The standard InChI is InChI=1S/C38H78NO4P/c1-6-11-15-16-17-18-19-20-21-22-23-24-25-26-27-28-34-39(32-12-7-2,33-13-8-3)37(30-10-5)38-31-29-36-42-44(40,43-38)41-35-14-9-4/h37-38H,4,6-36H2,1-3,5H3. The van der Waals surface area contributed by atoms with E-state index in [1.165, 1.54) is 148 Å². The maximum absolute atomic E-state index is 13.6. The summed E-state index contributed by atoms with van der Waals surface area (Å²) in [5.41, 5.74) is 0. The van der Waals surface area contributed by atoms with Crippen molar-refractivity contribution in [1.29, 1.82) is 0 Å². The van der Waals surface area contributed by atoms with Crippen LogP contribution in [0.3, 0.4) is 0 Å². The van der Waals surface area contributed by atoms with Crippen LogP contribution in [-0.2, 0) is 18.1 Å². The molecule has 3 unspecified atom stereocenters. The highest BCUT2D eigenvalue weighted by Crippen LogP contribution is 2.54. The first-order valence-electron chi connectivity index (χ1n) is 19.7. The van der Waals surface area contributed by atoms with Crippen LogP contribution in [0.2, 0.25) is 0 Å². The number of phosphoric ester groups is 1. The van der Waals surface area contributed by atoms with Gasteiger partial charge in [0.1, 0.15) is 12.1 Å². The molecule has 1 aliphatic heterocycles. The molecule has 1 fully saturated rings. The zero-order valence-electron chi connectivity index (χ0n) is 30.3. The molecule has 0 aliphatic carbocycles. The average molecular weight is 644 g/mol. The first kappa shape index (κ1) is 42.1.